The van der Waals surface area contributed by atoms with Gasteiger partial charge in [0.1, 0.15) is 0 Å². The van der Waals surface area contributed by atoms with E-state index in [1.807, 2.05) is 0 Å². The quantitative estimate of drug-likeness (QED) is 0.638. The van der Waals surface area contributed by atoms with E-state index in [2.05, 4.69) is 5.32 Å². The van der Waals surface area contributed by atoms with Crippen LogP contribution in [0.1, 0.15) is 17.3 Å². The van der Waals surface area contributed by atoms with E-state index in [0.29, 0.717) is 11.4 Å². The largest absolute Gasteiger partial charge is 0.449 e. The van der Waals surface area contributed by atoms with Gasteiger partial charge in [-0.25, -0.2) is 13.2 Å². The minimum Gasteiger partial charge on any atom is -0.449 e. The Bertz CT molecular complexity index is 1180. The second kappa shape index (κ2) is 9.54. The first-order valence-electron chi connectivity index (χ1n) is 10.4. The lowest BCUT2D eigenvalue weighted by Crippen LogP contribution is -2.52. The number of amides is 2. The van der Waals surface area contributed by atoms with Crippen molar-refractivity contribution in [3.63, 3.8) is 0 Å². The van der Waals surface area contributed by atoms with Crippen LogP contribution in [-0.4, -0.2) is 73.4 Å². The second-order valence-electron chi connectivity index (χ2n) is 7.64. The van der Waals surface area contributed by atoms with Crippen LogP contribution in [0.25, 0.3) is 0 Å². The lowest BCUT2D eigenvalue weighted by molar-refractivity contribution is -0.141. The van der Waals surface area contributed by atoms with Gasteiger partial charge in [-0.1, -0.05) is 18.2 Å². The van der Waals surface area contributed by atoms with Crippen LogP contribution < -0.4 is 5.32 Å². The van der Waals surface area contributed by atoms with Crippen molar-refractivity contribution >= 4 is 45.3 Å². The first-order chi connectivity index (χ1) is 15.8. The van der Waals surface area contributed by atoms with Crippen LogP contribution in [0.15, 0.2) is 58.3 Å². The molecule has 2 aliphatic heterocycles. The topological polar surface area (TPSA) is 113 Å². The highest BCUT2D eigenvalue weighted by Gasteiger charge is 2.32. The standard InChI is InChI=1S/C22H23N3O6S2/c1-15(31-22(28)16-7-8-19-18(13-16)23-20(26)14-32-19)21(27)24-9-11-25(12-10-24)33(29,30)17-5-3-2-4-6-17/h2-8,13,15H,9-12,14H2,1H3,(H,23,26)/t15-/m0/s1. The molecule has 4 rings (SSSR count). The molecule has 1 N–H and O–H groups in total. The van der Waals surface area contributed by atoms with Crippen molar-refractivity contribution in [1.29, 1.82) is 0 Å². The molecule has 9 nitrogen and oxygen atoms in total. The highest BCUT2D eigenvalue weighted by Crippen LogP contribution is 2.32. The average Bonchev–Trinajstić information content (AvgIpc) is 2.83. The summed E-state index contributed by atoms with van der Waals surface area (Å²) < 4.78 is 32.2. The SMILES string of the molecule is C[C@H](OC(=O)c1ccc2c(c1)NC(=O)CS2)C(=O)N1CCN(S(=O)(=O)c2ccccc2)CC1. The first-order valence-corrected chi connectivity index (χ1v) is 12.8. The minimum absolute atomic E-state index is 0.144. The molecule has 11 heteroatoms. The van der Waals surface area contributed by atoms with Gasteiger partial charge in [-0.05, 0) is 37.3 Å². The number of carbonyl (C=O) groups is 3. The van der Waals surface area contributed by atoms with Gasteiger partial charge in [0, 0.05) is 31.1 Å². The molecule has 0 aliphatic carbocycles. The van der Waals surface area contributed by atoms with Crippen molar-refractivity contribution in [2.75, 3.05) is 37.2 Å². The normalized spacial score (nSPS) is 17.6. The number of anilines is 1. The molecule has 174 valence electrons. The molecule has 0 bridgehead atoms. The Morgan fingerprint density at radius 2 is 1.76 bits per heavy atom. The number of esters is 1. The summed E-state index contributed by atoms with van der Waals surface area (Å²) in [5, 5.41) is 2.71. The number of benzene rings is 2. The number of hydrogen-bond acceptors (Lipinski definition) is 7. The highest BCUT2D eigenvalue weighted by atomic mass is 32.2. The summed E-state index contributed by atoms with van der Waals surface area (Å²) in [4.78, 5) is 39.5. The van der Waals surface area contributed by atoms with Crippen LogP contribution in [0.4, 0.5) is 5.69 Å². The number of nitrogens with one attached hydrogen (secondary N) is 1. The fourth-order valence-corrected chi connectivity index (χ4v) is 5.87. The van der Waals surface area contributed by atoms with Gasteiger partial charge in [-0.3, -0.25) is 9.59 Å². The summed E-state index contributed by atoms with van der Waals surface area (Å²) in [6.45, 7) is 2.21. The van der Waals surface area contributed by atoms with E-state index in [4.69, 9.17) is 4.74 Å². The number of fused-ring (bicyclic) bond motifs is 1. The third kappa shape index (κ3) is 5.05. The van der Waals surface area contributed by atoms with E-state index < -0.39 is 22.1 Å². The molecule has 0 unspecified atom stereocenters. The zero-order valence-corrected chi connectivity index (χ0v) is 19.5. The highest BCUT2D eigenvalue weighted by molar-refractivity contribution is 8.00. The van der Waals surface area contributed by atoms with Gasteiger partial charge >= 0.3 is 5.97 Å². The molecule has 2 aromatic rings. The van der Waals surface area contributed by atoms with E-state index in [0.717, 1.165) is 4.90 Å². The summed E-state index contributed by atoms with van der Waals surface area (Å²) in [5.41, 5.74) is 0.774. The van der Waals surface area contributed by atoms with Crippen molar-refractivity contribution in [1.82, 2.24) is 9.21 Å². The predicted octanol–water partition coefficient (Wildman–Crippen LogP) is 1.81. The van der Waals surface area contributed by atoms with Gasteiger partial charge in [0.15, 0.2) is 6.10 Å². The smallest absolute Gasteiger partial charge is 0.338 e. The number of thioether (sulfide) groups is 1. The number of piperazine rings is 1. The summed E-state index contributed by atoms with van der Waals surface area (Å²) in [7, 11) is -3.62. The monoisotopic (exact) mass is 489 g/mol. The third-order valence-corrected chi connectivity index (χ3v) is 8.40. The molecule has 2 aromatic carbocycles. The van der Waals surface area contributed by atoms with E-state index >= 15 is 0 Å². The van der Waals surface area contributed by atoms with Gasteiger partial charge in [-0.2, -0.15) is 4.31 Å². The Hall–Kier alpha value is -2.89. The molecule has 1 atom stereocenters. The number of nitrogens with zero attached hydrogens (tertiary/aromatic N) is 2. The molecule has 0 aromatic heterocycles. The summed E-state index contributed by atoms with van der Waals surface area (Å²) in [5.74, 6) is -0.881. The van der Waals surface area contributed by atoms with Crippen molar-refractivity contribution in [2.45, 2.75) is 22.8 Å². The van der Waals surface area contributed by atoms with E-state index in [9.17, 15) is 22.8 Å². The first kappa shape index (κ1) is 23.3. The summed E-state index contributed by atoms with van der Waals surface area (Å²) in [6, 6.07) is 13.0. The average molecular weight is 490 g/mol. The van der Waals surface area contributed by atoms with Crippen molar-refractivity contribution in [3.8, 4) is 0 Å². The van der Waals surface area contributed by atoms with Gasteiger partial charge in [0.05, 0.1) is 21.9 Å². The van der Waals surface area contributed by atoms with E-state index in [1.165, 1.54) is 34.0 Å². The molecule has 2 heterocycles. The van der Waals surface area contributed by atoms with Gasteiger partial charge in [-0.15, -0.1) is 11.8 Å². The zero-order chi connectivity index (χ0) is 23.6. The molecule has 0 radical (unpaired) electrons. The Balaban J connectivity index is 1.34. The predicted molar refractivity (Wildman–Crippen MR) is 122 cm³/mol. The maximum Gasteiger partial charge on any atom is 0.338 e. The molecule has 0 spiro atoms. The van der Waals surface area contributed by atoms with Crippen LogP contribution in [0.2, 0.25) is 0 Å². The number of carbonyl (C=O) groups excluding carboxylic acids is 3. The van der Waals surface area contributed by atoms with Crippen LogP contribution in [-0.2, 0) is 24.3 Å². The lowest BCUT2D eigenvalue weighted by atomic mass is 10.2. The third-order valence-electron chi connectivity index (χ3n) is 5.41. The molecule has 0 saturated carbocycles. The van der Waals surface area contributed by atoms with E-state index in [-0.39, 0.29) is 48.5 Å². The van der Waals surface area contributed by atoms with Crippen molar-refractivity contribution in [2.24, 2.45) is 0 Å². The Morgan fingerprint density at radius 3 is 2.45 bits per heavy atom. The van der Waals surface area contributed by atoms with Crippen molar-refractivity contribution < 1.29 is 27.5 Å². The number of ether oxygens (including phenoxy) is 1. The molecule has 1 saturated heterocycles. The summed E-state index contributed by atoms with van der Waals surface area (Å²) in [6.07, 6.45) is -1.03. The Labute approximate surface area is 196 Å². The second-order valence-corrected chi connectivity index (χ2v) is 10.6. The van der Waals surface area contributed by atoms with Crippen LogP contribution in [0, 0.1) is 0 Å². The Kier molecular flexibility index (Phi) is 6.73. The summed E-state index contributed by atoms with van der Waals surface area (Å²) >= 11 is 1.38. The molecular weight excluding hydrogens is 466 g/mol. The maximum absolute atomic E-state index is 12.8. The van der Waals surface area contributed by atoms with Crippen LogP contribution in [0.3, 0.4) is 0 Å². The molecular formula is C22H23N3O6S2. The molecule has 33 heavy (non-hydrogen) atoms. The number of sulfonamides is 1. The zero-order valence-electron chi connectivity index (χ0n) is 17.9. The molecule has 2 aliphatic rings. The lowest BCUT2D eigenvalue weighted by Gasteiger charge is -2.35. The van der Waals surface area contributed by atoms with Crippen molar-refractivity contribution in [3.05, 3.63) is 54.1 Å². The van der Waals surface area contributed by atoms with Crippen LogP contribution in [0.5, 0.6) is 0 Å². The van der Waals surface area contributed by atoms with Gasteiger partial charge in [0.25, 0.3) is 5.91 Å². The Morgan fingerprint density at radius 1 is 1.06 bits per heavy atom. The molecule has 1 fully saturated rings. The van der Waals surface area contributed by atoms with E-state index in [1.54, 1.807) is 42.5 Å². The maximum atomic E-state index is 12.8. The number of rotatable bonds is 5. The fraction of sp³-hybridized carbons (Fsp3) is 0.318. The fourth-order valence-electron chi connectivity index (χ4n) is 3.64. The van der Waals surface area contributed by atoms with Crippen LogP contribution >= 0.6 is 11.8 Å². The van der Waals surface area contributed by atoms with Gasteiger partial charge < -0.3 is 15.0 Å². The molecule has 2 amide bonds. The number of hydrogen-bond donors (Lipinski definition) is 1. The minimum atomic E-state index is -3.62. The van der Waals surface area contributed by atoms with Gasteiger partial charge in [0.2, 0.25) is 15.9 Å².